The number of rotatable bonds is 7. The lowest BCUT2D eigenvalue weighted by atomic mass is 10.2. The molecule has 1 atom stereocenters. The van der Waals surface area contributed by atoms with Gasteiger partial charge in [-0.15, -0.1) is 0 Å². The zero-order valence-corrected chi connectivity index (χ0v) is 16.7. The first kappa shape index (κ1) is 20.5. The molecule has 0 radical (unpaired) electrons. The van der Waals surface area contributed by atoms with Crippen LogP contribution in [-0.4, -0.2) is 25.1 Å². The number of methoxy groups -OCH3 is 1. The molecular formula is C22H20ClNO5. The first-order valence-corrected chi connectivity index (χ1v) is 9.32. The highest BCUT2D eigenvalue weighted by molar-refractivity contribution is 6.33. The second-order valence-electron chi connectivity index (χ2n) is 6.22. The van der Waals surface area contributed by atoms with Gasteiger partial charge in [0.2, 0.25) is 5.76 Å². The molecule has 0 aliphatic rings. The molecule has 1 aromatic heterocycles. The van der Waals surface area contributed by atoms with Gasteiger partial charge in [0.05, 0.1) is 12.1 Å². The molecule has 0 fully saturated rings. The molecule has 0 spiro atoms. The minimum absolute atomic E-state index is 0.00991. The van der Waals surface area contributed by atoms with E-state index in [0.717, 1.165) is 5.56 Å². The molecule has 0 saturated carbocycles. The smallest absolute Gasteiger partial charge is 0.375 e. The minimum atomic E-state index is -0.994. The molecule has 0 bridgehead atoms. The Balaban J connectivity index is 1.59. The number of carbonyl (C=O) groups is 2. The van der Waals surface area contributed by atoms with Gasteiger partial charge in [0.1, 0.15) is 11.5 Å². The number of hydrogen-bond donors (Lipinski definition) is 1. The highest BCUT2D eigenvalue weighted by Gasteiger charge is 2.22. The van der Waals surface area contributed by atoms with Crippen LogP contribution in [0.2, 0.25) is 5.02 Å². The van der Waals surface area contributed by atoms with Crippen LogP contribution in [0.5, 0.6) is 5.75 Å². The maximum Gasteiger partial charge on any atom is 0.375 e. The van der Waals surface area contributed by atoms with Crippen molar-refractivity contribution in [2.24, 2.45) is 0 Å². The van der Waals surface area contributed by atoms with Gasteiger partial charge >= 0.3 is 5.97 Å². The van der Waals surface area contributed by atoms with E-state index in [0.29, 0.717) is 22.1 Å². The maximum atomic E-state index is 12.3. The number of halogens is 1. The number of benzene rings is 2. The van der Waals surface area contributed by atoms with Gasteiger partial charge in [0.25, 0.3) is 5.91 Å². The quantitative estimate of drug-likeness (QED) is 0.578. The molecule has 150 valence electrons. The van der Waals surface area contributed by atoms with Crippen molar-refractivity contribution in [3.8, 4) is 17.1 Å². The predicted molar refractivity (Wildman–Crippen MR) is 109 cm³/mol. The van der Waals surface area contributed by atoms with Crippen LogP contribution in [0.1, 0.15) is 23.0 Å². The van der Waals surface area contributed by atoms with E-state index in [4.69, 9.17) is 25.5 Å². The van der Waals surface area contributed by atoms with Gasteiger partial charge in [0, 0.05) is 17.7 Å². The van der Waals surface area contributed by atoms with Crippen molar-refractivity contribution in [3.63, 3.8) is 0 Å². The standard InChI is InChI=1S/C22H20ClNO5/c1-14(21(25)24-13-15-7-3-6-10-18(15)27-2)28-22(26)20-12-11-19(29-20)16-8-4-5-9-17(16)23/h3-12,14H,13H2,1-2H3,(H,24,25)/t14-/m1/s1. The summed E-state index contributed by atoms with van der Waals surface area (Å²) in [6.45, 7) is 1.75. The van der Waals surface area contributed by atoms with Gasteiger partial charge in [-0.05, 0) is 37.3 Å². The molecule has 1 heterocycles. The van der Waals surface area contributed by atoms with E-state index in [9.17, 15) is 9.59 Å². The summed E-state index contributed by atoms with van der Waals surface area (Å²) in [5, 5.41) is 3.23. The fourth-order valence-electron chi connectivity index (χ4n) is 2.70. The number of amides is 1. The number of nitrogens with one attached hydrogen (secondary N) is 1. The highest BCUT2D eigenvalue weighted by Crippen LogP contribution is 2.29. The van der Waals surface area contributed by atoms with E-state index >= 15 is 0 Å². The first-order chi connectivity index (χ1) is 14.0. The first-order valence-electron chi connectivity index (χ1n) is 8.95. The second kappa shape index (κ2) is 9.30. The van der Waals surface area contributed by atoms with Crippen molar-refractivity contribution in [2.75, 3.05) is 7.11 Å². The van der Waals surface area contributed by atoms with Crippen LogP contribution in [0.3, 0.4) is 0 Å². The molecule has 1 amide bonds. The summed E-state index contributed by atoms with van der Waals surface area (Å²) in [5.74, 6) is -0.0642. The van der Waals surface area contributed by atoms with Crippen LogP contribution in [0, 0.1) is 0 Å². The Hall–Kier alpha value is -3.25. The molecule has 0 saturated heterocycles. The lowest BCUT2D eigenvalue weighted by molar-refractivity contribution is -0.129. The van der Waals surface area contributed by atoms with E-state index in [2.05, 4.69) is 5.32 Å². The van der Waals surface area contributed by atoms with E-state index in [1.54, 1.807) is 37.4 Å². The van der Waals surface area contributed by atoms with Crippen molar-refractivity contribution in [3.05, 3.63) is 77.0 Å². The zero-order valence-electron chi connectivity index (χ0n) is 16.0. The Labute approximate surface area is 173 Å². The summed E-state index contributed by atoms with van der Waals surface area (Å²) in [7, 11) is 1.56. The lowest BCUT2D eigenvalue weighted by Gasteiger charge is -2.14. The number of furan rings is 1. The molecule has 29 heavy (non-hydrogen) atoms. The van der Waals surface area contributed by atoms with Gasteiger partial charge in [0.15, 0.2) is 6.10 Å². The third-order valence-electron chi connectivity index (χ3n) is 4.25. The van der Waals surface area contributed by atoms with Crippen LogP contribution >= 0.6 is 11.6 Å². The summed E-state index contributed by atoms with van der Waals surface area (Å²) in [4.78, 5) is 24.6. The van der Waals surface area contributed by atoms with Gasteiger partial charge in [-0.25, -0.2) is 4.79 Å². The van der Waals surface area contributed by atoms with Gasteiger partial charge < -0.3 is 19.2 Å². The number of carbonyl (C=O) groups excluding carboxylic acids is 2. The number of hydrogen-bond acceptors (Lipinski definition) is 5. The van der Waals surface area contributed by atoms with Crippen LogP contribution in [-0.2, 0) is 16.1 Å². The molecule has 1 N–H and O–H groups in total. The normalized spacial score (nSPS) is 11.6. The monoisotopic (exact) mass is 413 g/mol. The Morgan fingerprint density at radius 1 is 1.07 bits per heavy atom. The Morgan fingerprint density at radius 2 is 1.79 bits per heavy atom. The predicted octanol–water partition coefficient (Wildman–Crippen LogP) is 4.47. The number of ether oxygens (including phenoxy) is 2. The minimum Gasteiger partial charge on any atom is -0.496 e. The van der Waals surface area contributed by atoms with Crippen molar-refractivity contribution in [1.82, 2.24) is 5.32 Å². The van der Waals surface area contributed by atoms with E-state index in [-0.39, 0.29) is 12.3 Å². The van der Waals surface area contributed by atoms with E-state index in [1.165, 1.54) is 13.0 Å². The average Bonchev–Trinajstić information content (AvgIpc) is 3.22. The fourth-order valence-corrected chi connectivity index (χ4v) is 2.93. The fraction of sp³-hybridized carbons (Fsp3) is 0.182. The average molecular weight is 414 g/mol. The van der Waals surface area contributed by atoms with Crippen LogP contribution in [0.25, 0.3) is 11.3 Å². The molecule has 0 aliphatic heterocycles. The molecule has 7 heteroatoms. The van der Waals surface area contributed by atoms with Gasteiger partial charge in [-0.2, -0.15) is 0 Å². The molecule has 2 aromatic carbocycles. The summed E-state index contributed by atoms with van der Waals surface area (Å²) in [6, 6.07) is 17.6. The van der Waals surface area contributed by atoms with Crippen molar-refractivity contribution >= 4 is 23.5 Å². The highest BCUT2D eigenvalue weighted by atomic mass is 35.5. The van der Waals surface area contributed by atoms with Crippen molar-refractivity contribution in [2.45, 2.75) is 19.6 Å². The summed E-state index contributed by atoms with van der Waals surface area (Å²) >= 11 is 6.14. The van der Waals surface area contributed by atoms with Gasteiger partial charge in [-0.1, -0.05) is 41.9 Å². The van der Waals surface area contributed by atoms with Crippen molar-refractivity contribution < 1.29 is 23.5 Å². The topological polar surface area (TPSA) is 77.8 Å². The summed E-state index contributed by atoms with van der Waals surface area (Å²) < 4.78 is 16.0. The van der Waals surface area contributed by atoms with Crippen LogP contribution < -0.4 is 10.1 Å². The lowest BCUT2D eigenvalue weighted by Crippen LogP contribution is -2.35. The molecule has 3 rings (SSSR count). The Morgan fingerprint density at radius 3 is 2.55 bits per heavy atom. The molecule has 0 aliphatic carbocycles. The molecular weight excluding hydrogens is 394 g/mol. The van der Waals surface area contributed by atoms with Gasteiger partial charge in [-0.3, -0.25) is 4.79 Å². The van der Waals surface area contributed by atoms with E-state index < -0.39 is 18.0 Å². The second-order valence-corrected chi connectivity index (χ2v) is 6.63. The van der Waals surface area contributed by atoms with E-state index in [1.807, 2.05) is 24.3 Å². The zero-order chi connectivity index (χ0) is 20.8. The third-order valence-corrected chi connectivity index (χ3v) is 4.57. The molecule has 3 aromatic rings. The SMILES string of the molecule is COc1ccccc1CNC(=O)[C@@H](C)OC(=O)c1ccc(-c2ccccc2Cl)o1. The number of esters is 1. The summed E-state index contributed by atoms with van der Waals surface area (Å²) in [5.41, 5.74) is 1.48. The summed E-state index contributed by atoms with van der Waals surface area (Å²) in [6.07, 6.45) is -0.994. The largest absolute Gasteiger partial charge is 0.496 e. The molecule has 0 unspecified atom stereocenters. The van der Waals surface area contributed by atoms with Crippen LogP contribution in [0.4, 0.5) is 0 Å². The Kier molecular flexibility index (Phi) is 6.57. The maximum absolute atomic E-state index is 12.3. The van der Waals surface area contributed by atoms with Crippen molar-refractivity contribution in [1.29, 1.82) is 0 Å². The molecule has 6 nitrogen and oxygen atoms in total. The Bertz CT molecular complexity index is 1010. The number of para-hydroxylation sites is 1. The van der Waals surface area contributed by atoms with Crippen LogP contribution in [0.15, 0.2) is 65.1 Å². The third kappa shape index (κ3) is 4.97.